The first-order valence-corrected chi connectivity index (χ1v) is 11.0. The number of hydrogen-bond acceptors (Lipinski definition) is 8. The Kier molecular flexibility index (Phi) is 5.84. The molecule has 0 spiro atoms. The number of aliphatic imine (C=N–C) groups is 1. The highest BCUT2D eigenvalue weighted by molar-refractivity contribution is 6.16. The molecule has 10 nitrogen and oxygen atoms in total. The maximum atomic E-state index is 8.87. The number of rotatable bonds is 7. The molecule has 0 fully saturated rings. The second-order valence-electron chi connectivity index (χ2n) is 8.07. The van der Waals surface area contributed by atoms with Crippen LogP contribution in [0.3, 0.4) is 0 Å². The van der Waals surface area contributed by atoms with E-state index in [1.807, 2.05) is 79.3 Å². The van der Waals surface area contributed by atoms with Crippen LogP contribution in [-0.4, -0.2) is 52.8 Å². The lowest BCUT2D eigenvalue weighted by molar-refractivity contribution is 0.768. The Morgan fingerprint density at radius 2 is 1.94 bits per heavy atom. The number of aromatic nitrogens is 7. The Hall–Kier alpha value is -4.73. The zero-order valence-corrected chi connectivity index (χ0v) is 19.6. The van der Waals surface area contributed by atoms with Crippen LogP contribution in [0, 0.1) is 5.41 Å². The number of fused-ring (bicyclic) bond motifs is 1. The molecule has 5 aromatic rings. The third kappa shape index (κ3) is 4.41. The minimum absolute atomic E-state index is 0.419. The fraction of sp³-hybridized carbons (Fsp3) is 0.160. The van der Waals surface area contributed by atoms with E-state index in [-0.39, 0.29) is 0 Å². The normalized spacial score (nSPS) is 12.6. The molecule has 0 bridgehead atoms. The van der Waals surface area contributed by atoms with Crippen LogP contribution in [0.5, 0.6) is 0 Å². The predicted molar refractivity (Wildman–Crippen MR) is 136 cm³/mol. The van der Waals surface area contributed by atoms with Crippen molar-refractivity contribution in [3.05, 3.63) is 84.7 Å². The summed E-state index contributed by atoms with van der Waals surface area (Å²) in [5.41, 5.74) is 5.13. The van der Waals surface area contributed by atoms with E-state index < -0.39 is 5.92 Å². The largest absolute Gasteiger partial charge is 0.321 e. The van der Waals surface area contributed by atoms with Crippen molar-refractivity contribution in [2.24, 2.45) is 12.0 Å². The Balaban J connectivity index is 1.49. The van der Waals surface area contributed by atoms with Crippen molar-refractivity contribution in [2.75, 3.05) is 12.4 Å². The molecule has 5 rings (SSSR count). The van der Waals surface area contributed by atoms with Gasteiger partial charge in [0, 0.05) is 44.0 Å². The van der Waals surface area contributed by atoms with Gasteiger partial charge >= 0.3 is 0 Å². The number of hydrogen-bond donors (Lipinski definition) is 2. The van der Waals surface area contributed by atoms with E-state index in [0.717, 1.165) is 28.2 Å². The van der Waals surface area contributed by atoms with Gasteiger partial charge in [-0.15, -0.1) is 10.2 Å². The Morgan fingerprint density at radius 1 is 1.11 bits per heavy atom. The second kappa shape index (κ2) is 9.26. The highest BCUT2D eigenvalue weighted by Gasteiger charge is 2.26. The van der Waals surface area contributed by atoms with Crippen LogP contribution < -0.4 is 5.32 Å². The molecule has 174 valence electrons. The summed E-state index contributed by atoms with van der Waals surface area (Å²) in [6.45, 7) is 1.91. The fourth-order valence-electron chi connectivity index (χ4n) is 3.90. The second-order valence-corrected chi connectivity index (χ2v) is 8.07. The first-order valence-electron chi connectivity index (χ1n) is 11.0. The van der Waals surface area contributed by atoms with Crippen molar-refractivity contribution in [1.82, 2.24) is 34.3 Å². The van der Waals surface area contributed by atoms with Gasteiger partial charge in [0.1, 0.15) is 0 Å². The number of pyridine rings is 1. The van der Waals surface area contributed by atoms with Gasteiger partial charge in [0.25, 0.3) is 0 Å². The van der Waals surface area contributed by atoms with Gasteiger partial charge in [-0.3, -0.25) is 14.1 Å². The lowest BCUT2D eigenvalue weighted by Gasteiger charge is -2.17. The third-order valence-electron chi connectivity index (χ3n) is 5.75. The molecular formula is C25H24N10. The van der Waals surface area contributed by atoms with Gasteiger partial charge in [-0.05, 0) is 30.7 Å². The molecule has 0 saturated heterocycles. The van der Waals surface area contributed by atoms with Crippen molar-refractivity contribution in [3.63, 3.8) is 0 Å². The molecule has 1 atom stereocenters. The summed E-state index contributed by atoms with van der Waals surface area (Å²) in [6.07, 6.45) is 7.18. The van der Waals surface area contributed by atoms with Crippen molar-refractivity contribution in [1.29, 1.82) is 5.41 Å². The monoisotopic (exact) mass is 464 g/mol. The average molecular weight is 465 g/mol. The number of nitrogens with zero attached hydrogens (tertiary/aromatic N) is 8. The molecule has 4 aromatic heterocycles. The molecule has 4 heterocycles. The summed E-state index contributed by atoms with van der Waals surface area (Å²) in [6, 6.07) is 15.4. The highest BCUT2D eigenvalue weighted by atomic mass is 15.3. The predicted octanol–water partition coefficient (Wildman–Crippen LogP) is 3.91. The Bertz CT molecular complexity index is 1530. The van der Waals surface area contributed by atoms with Gasteiger partial charge in [0.2, 0.25) is 5.95 Å². The van der Waals surface area contributed by atoms with E-state index in [9.17, 15) is 0 Å². The smallest absolute Gasteiger partial charge is 0.227 e. The maximum absolute atomic E-state index is 8.87. The SMILES string of the molecule is CN=C(C)C(C(=N)c1ccccc1)c1nnc2cc(-c3ccnc(Nc4cnn(C)c4)n3)ccn12. The summed E-state index contributed by atoms with van der Waals surface area (Å²) >= 11 is 0. The zero-order chi connectivity index (χ0) is 24.4. The van der Waals surface area contributed by atoms with E-state index in [2.05, 4.69) is 35.6 Å². The number of anilines is 2. The fourth-order valence-corrected chi connectivity index (χ4v) is 3.90. The van der Waals surface area contributed by atoms with Crippen LogP contribution in [0.15, 0.2) is 78.3 Å². The molecule has 1 aromatic carbocycles. The summed E-state index contributed by atoms with van der Waals surface area (Å²) < 4.78 is 3.61. The lowest BCUT2D eigenvalue weighted by atomic mass is 9.92. The Labute approximate surface area is 201 Å². The number of benzene rings is 1. The van der Waals surface area contributed by atoms with Gasteiger partial charge in [-0.2, -0.15) is 5.10 Å². The molecule has 2 N–H and O–H groups in total. The molecule has 0 amide bonds. The van der Waals surface area contributed by atoms with Crippen LogP contribution in [0.2, 0.25) is 0 Å². The van der Waals surface area contributed by atoms with Gasteiger partial charge in [-0.25, -0.2) is 9.97 Å². The molecule has 0 radical (unpaired) electrons. The molecule has 0 aliphatic rings. The lowest BCUT2D eigenvalue weighted by Crippen LogP contribution is -2.23. The summed E-state index contributed by atoms with van der Waals surface area (Å²) in [5.74, 6) is 0.700. The summed E-state index contributed by atoms with van der Waals surface area (Å²) in [7, 11) is 3.58. The highest BCUT2D eigenvalue weighted by Crippen LogP contribution is 2.25. The van der Waals surface area contributed by atoms with Crippen LogP contribution in [0.25, 0.3) is 16.9 Å². The van der Waals surface area contributed by atoms with Crippen LogP contribution in [0.4, 0.5) is 11.6 Å². The van der Waals surface area contributed by atoms with Crippen LogP contribution in [-0.2, 0) is 7.05 Å². The molecule has 1 unspecified atom stereocenters. The van der Waals surface area contributed by atoms with Gasteiger partial charge in [0.15, 0.2) is 11.5 Å². The standard InChI is InChI=1S/C25H24N10/c1-16(27-2)22(23(26)17-7-5-4-6-8-17)24-33-32-21-13-18(10-12-35(21)24)20-9-11-28-25(31-20)30-19-14-29-34(3)15-19/h4-15,22,26H,1-3H3,(H,28,30,31). The first kappa shape index (κ1) is 22.1. The van der Waals surface area contributed by atoms with Crippen LogP contribution in [0.1, 0.15) is 24.2 Å². The van der Waals surface area contributed by atoms with Crippen molar-refractivity contribution >= 4 is 28.7 Å². The van der Waals surface area contributed by atoms with E-state index in [0.29, 0.717) is 23.1 Å². The van der Waals surface area contributed by atoms with E-state index in [1.165, 1.54) is 0 Å². The summed E-state index contributed by atoms with van der Waals surface area (Å²) in [5, 5.41) is 25.0. The van der Waals surface area contributed by atoms with E-state index in [1.54, 1.807) is 24.1 Å². The average Bonchev–Trinajstić information content (AvgIpc) is 3.50. The molecule has 10 heteroatoms. The first-order chi connectivity index (χ1) is 17.0. The summed E-state index contributed by atoms with van der Waals surface area (Å²) in [4.78, 5) is 13.3. The van der Waals surface area contributed by atoms with Crippen molar-refractivity contribution < 1.29 is 0 Å². The van der Waals surface area contributed by atoms with Crippen molar-refractivity contribution in [3.8, 4) is 11.3 Å². The topological polar surface area (TPSA) is 122 Å². The van der Waals surface area contributed by atoms with E-state index in [4.69, 9.17) is 5.41 Å². The molecular weight excluding hydrogens is 440 g/mol. The molecule has 0 aliphatic heterocycles. The van der Waals surface area contributed by atoms with Gasteiger partial charge < -0.3 is 10.7 Å². The van der Waals surface area contributed by atoms with Gasteiger partial charge in [0.05, 0.1) is 29.2 Å². The maximum Gasteiger partial charge on any atom is 0.227 e. The van der Waals surface area contributed by atoms with E-state index >= 15 is 0 Å². The van der Waals surface area contributed by atoms with Gasteiger partial charge in [-0.1, -0.05) is 30.3 Å². The third-order valence-corrected chi connectivity index (χ3v) is 5.75. The molecule has 0 saturated carbocycles. The molecule has 0 aliphatic carbocycles. The zero-order valence-electron chi connectivity index (χ0n) is 19.6. The van der Waals surface area contributed by atoms with Crippen molar-refractivity contribution in [2.45, 2.75) is 12.8 Å². The number of nitrogens with one attached hydrogen (secondary N) is 2. The minimum Gasteiger partial charge on any atom is -0.321 e. The van der Waals surface area contributed by atoms with Crippen LogP contribution >= 0.6 is 0 Å². The minimum atomic E-state index is -0.419. The molecule has 35 heavy (non-hydrogen) atoms. The Morgan fingerprint density at radius 3 is 2.69 bits per heavy atom. The quantitative estimate of drug-likeness (QED) is 0.352. The number of aryl methyl sites for hydroxylation is 1.